The van der Waals surface area contributed by atoms with Gasteiger partial charge in [-0.25, -0.2) is 4.79 Å². The van der Waals surface area contributed by atoms with Crippen LogP contribution < -0.4 is 5.32 Å². The van der Waals surface area contributed by atoms with Gasteiger partial charge in [-0.1, -0.05) is 59.7 Å². The molecule has 0 spiro atoms. The van der Waals surface area contributed by atoms with E-state index in [-0.39, 0.29) is 16.2 Å². The molecular weight excluding hydrogens is 536 g/mol. The molecular formula is C25H17Cl2F3N2O3S. The summed E-state index contributed by atoms with van der Waals surface area (Å²) in [5.41, 5.74) is -0.317. The number of halogens is 5. The second kappa shape index (κ2) is 10.1. The number of benzene rings is 3. The largest absolute Gasteiger partial charge is 0.467 e. The first kappa shape index (κ1) is 25.9. The Hall–Kier alpha value is -3.14. The van der Waals surface area contributed by atoms with Gasteiger partial charge in [0, 0.05) is 10.0 Å². The number of nitrogens with one attached hydrogen (secondary N) is 1. The number of hydrogen-bond acceptors (Lipinski definition) is 4. The molecule has 1 N–H and O–H groups in total. The van der Waals surface area contributed by atoms with Crippen LogP contribution in [0.5, 0.6) is 0 Å². The van der Waals surface area contributed by atoms with Crippen molar-refractivity contribution in [2.24, 2.45) is 0 Å². The van der Waals surface area contributed by atoms with Crippen LogP contribution >= 0.6 is 35.4 Å². The summed E-state index contributed by atoms with van der Waals surface area (Å²) < 4.78 is 45.2. The normalized spacial score (nSPS) is 16.6. The van der Waals surface area contributed by atoms with E-state index in [0.29, 0.717) is 21.2 Å². The van der Waals surface area contributed by atoms with Crippen molar-refractivity contribution >= 4 is 58.0 Å². The number of fused-ring (bicyclic) bond motifs is 1. The van der Waals surface area contributed by atoms with Gasteiger partial charge in [-0.15, -0.1) is 0 Å². The molecule has 0 aromatic heterocycles. The SMILES string of the molecule is COC(=O)C(c1ccc(Cl)cc1)N1C(=O)c2ccc(C(F)(F)F)cc2NC(=S)C1c1ccc(Cl)cc1. The highest BCUT2D eigenvalue weighted by molar-refractivity contribution is 7.80. The third kappa shape index (κ3) is 5.04. The average Bonchev–Trinajstić information content (AvgIpc) is 2.94. The quantitative estimate of drug-likeness (QED) is 0.283. The zero-order valence-corrected chi connectivity index (χ0v) is 20.8. The summed E-state index contributed by atoms with van der Waals surface area (Å²) in [4.78, 5) is 28.3. The standard InChI is InChI=1S/C25H17Cl2F3N2O3S/c1-35-24(34)21(14-4-9-17(27)10-5-14)32-20(13-2-7-16(26)8-3-13)22(36)31-19-12-15(25(28,29)30)6-11-18(19)23(32)33/h2-12,20-21H,1H3,(H,31,36). The number of anilines is 1. The van der Waals surface area contributed by atoms with Gasteiger partial charge in [0.15, 0.2) is 6.04 Å². The highest BCUT2D eigenvalue weighted by Gasteiger charge is 2.43. The van der Waals surface area contributed by atoms with Crippen LogP contribution in [0.1, 0.15) is 39.1 Å². The van der Waals surface area contributed by atoms with Crippen molar-refractivity contribution in [1.29, 1.82) is 0 Å². The van der Waals surface area contributed by atoms with E-state index >= 15 is 0 Å². The van der Waals surface area contributed by atoms with Crippen molar-refractivity contribution in [3.05, 3.63) is 99.0 Å². The Kier molecular flexibility index (Phi) is 7.26. The Morgan fingerprint density at radius 3 is 2.17 bits per heavy atom. The van der Waals surface area contributed by atoms with E-state index in [2.05, 4.69) is 5.32 Å². The van der Waals surface area contributed by atoms with E-state index in [1.165, 1.54) is 12.0 Å². The van der Waals surface area contributed by atoms with Crippen LogP contribution in [-0.4, -0.2) is 28.9 Å². The fourth-order valence-corrected chi connectivity index (χ4v) is 4.60. The lowest BCUT2D eigenvalue weighted by Gasteiger charge is -2.36. The van der Waals surface area contributed by atoms with Gasteiger partial charge in [-0.3, -0.25) is 4.79 Å². The van der Waals surface area contributed by atoms with E-state index in [1.54, 1.807) is 48.5 Å². The number of ether oxygens (including phenoxy) is 1. The Morgan fingerprint density at radius 2 is 1.61 bits per heavy atom. The minimum Gasteiger partial charge on any atom is -0.467 e. The number of hydrogen-bond donors (Lipinski definition) is 1. The topological polar surface area (TPSA) is 58.6 Å². The van der Waals surface area contributed by atoms with Gasteiger partial charge in [-0.2, -0.15) is 13.2 Å². The van der Waals surface area contributed by atoms with Crippen molar-refractivity contribution in [2.75, 3.05) is 12.4 Å². The number of rotatable bonds is 4. The molecule has 11 heteroatoms. The van der Waals surface area contributed by atoms with Crippen molar-refractivity contribution in [2.45, 2.75) is 18.3 Å². The number of nitrogens with zero attached hydrogens (tertiary/aromatic N) is 1. The predicted molar refractivity (Wildman–Crippen MR) is 134 cm³/mol. The Morgan fingerprint density at radius 1 is 1.03 bits per heavy atom. The molecule has 0 saturated heterocycles. The van der Waals surface area contributed by atoms with Crippen molar-refractivity contribution in [1.82, 2.24) is 4.90 Å². The molecule has 2 unspecified atom stereocenters. The summed E-state index contributed by atoms with van der Waals surface area (Å²) in [5.74, 6) is -1.50. The number of carbonyl (C=O) groups is 2. The molecule has 0 fully saturated rings. The second-order valence-corrected chi connectivity index (χ2v) is 9.20. The van der Waals surface area contributed by atoms with Crippen LogP contribution in [-0.2, 0) is 15.7 Å². The second-order valence-electron chi connectivity index (χ2n) is 7.89. The third-order valence-corrected chi connectivity index (χ3v) is 6.50. The minimum atomic E-state index is -4.64. The van der Waals surface area contributed by atoms with E-state index < -0.39 is 35.7 Å². The van der Waals surface area contributed by atoms with Crippen molar-refractivity contribution < 1.29 is 27.5 Å². The first-order valence-electron chi connectivity index (χ1n) is 10.4. The van der Waals surface area contributed by atoms with Crippen molar-refractivity contribution in [3.63, 3.8) is 0 Å². The van der Waals surface area contributed by atoms with Crippen molar-refractivity contribution in [3.8, 4) is 0 Å². The molecule has 1 aliphatic heterocycles. The number of thiocarbonyl (C=S) groups is 1. The molecule has 1 amide bonds. The summed E-state index contributed by atoms with van der Waals surface area (Å²) in [7, 11) is 1.17. The number of carbonyl (C=O) groups excluding carboxylic acids is 2. The molecule has 0 saturated carbocycles. The zero-order chi connectivity index (χ0) is 26.2. The summed E-state index contributed by atoms with van der Waals surface area (Å²) in [5, 5.41) is 3.62. The van der Waals surface area contributed by atoms with Crippen LogP contribution in [0.2, 0.25) is 10.0 Å². The van der Waals surface area contributed by atoms with Gasteiger partial charge >= 0.3 is 12.1 Å². The van der Waals surface area contributed by atoms with E-state index in [4.69, 9.17) is 40.2 Å². The van der Waals surface area contributed by atoms with E-state index in [9.17, 15) is 22.8 Å². The molecule has 0 aliphatic carbocycles. The van der Waals surface area contributed by atoms with Crippen LogP contribution in [0.4, 0.5) is 18.9 Å². The molecule has 36 heavy (non-hydrogen) atoms. The summed E-state index contributed by atoms with van der Waals surface area (Å²) in [6.45, 7) is 0. The van der Waals surface area contributed by atoms with Gasteiger partial charge in [0.1, 0.15) is 11.0 Å². The van der Waals surface area contributed by atoms with Crippen LogP contribution in [0, 0.1) is 0 Å². The van der Waals surface area contributed by atoms with Crippen LogP contribution in [0.15, 0.2) is 66.7 Å². The first-order valence-corrected chi connectivity index (χ1v) is 11.6. The van der Waals surface area contributed by atoms with Crippen LogP contribution in [0.25, 0.3) is 0 Å². The van der Waals surface area contributed by atoms with Gasteiger partial charge in [0.2, 0.25) is 0 Å². The maximum atomic E-state index is 14.0. The predicted octanol–water partition coefficient (Wildman–Crippen LogP) is 6.86. The molecule has 4 rings (SSSR count). The summed E-state index contributed by atoms with van der Waals surface area (Å²) in [6, 6.07) is 13.0. The lowest BCUT2D eigenvalue weighted by molar-refractivity contribution is -0.146. The maximum Gasteiger partial charge on any atom is 0.416 e. The minimum absolute atomic E-state index is 0.00612. The fourth-order valence-electron chi connectivity index (χ4n) is 3.98. The molecule has 1 heterocycles. The highest BCUT2D eigenvalue weighted by Crippen LogP contribution is 2.41. The van der Waals surface area contributed by atoms with E-state index in [0.717, 1.165) is 18.2 Å². The van der Waals surface area contributed by atoms with E-state index in [1.807, 2.05) is 0 Å². The number of methoxy groups -OCH3 is 1. The molecule has 0 radical (unpaired) electrons. The zero-order valence-electron chi connectivity index (χ0n) is 18.5. The Labute approximate surface area is 219 Å². The molecule has 2 atom stereocenters. The molecule has 5 nitrogen and oxygen atoms in total. The van der Waals surface area contributed by atoms with Gasteiger partial charge in [0.25, 0.3) is 5.91 Å². The average molecular weight is 553 g/mol. The van der Waals surface area contributed by atoms with Crippen LogP contribution in [0.3, 0.4) is 0 Å². The third-order valence-electron chi connectivity index (χ3n) is 5.67. The molecule has 1 aliphatic rings. The number of amides is 1. The number of esters is 1. The molecule has 186 valence electrons. The highest BCUT2D eigenvalue weighted by atomic mass is 35.5. The smallest absolute Gasteiger partial charge is 0.416 e. The monoisotopic (exact) mass is 552 g/mol. The Bertz CT molecular complexity index is 1330. The van der Waals surface area contributed by atoms with Gasteiger partial charge in [-0.05, 0) is 53.6 Å². The lowest BCUT2D eigenvalue weighted by atomic mass is 9.98. The molecule has 3 aromatic rings. The molecule has 3 aromatic carbocycles. The Balaban J connectivity index is 1.96. The lowest BCUT2D eigenvalue weighted by Crippen LogP contribution is -2.44. The van der Waals surface area contributed by atoms with Gasteiger partial charge in [0.05, 0.1) is 23.9 Å². The summed E-state index contributed by atoms with van der Waals surface area (Å²) >= 11 is 17.7. The molecule has 0 bridgehead atoms. The van der Waals surface area contributed by atoms with Gasteiger partial charge < -0.3 is 15.0 Å². The fraction of sp³-hybridized carbons (Fsp3) is 0.160. The summed E-state index contributed by atoms with van der Waals surface area (Å²) in [6.07, 6.45) is -4.64. The number of alkyl halides is 3. The first-order chi connectivity index (χ1) is 17.0. The maximum absolute atomic E-state index is 14.0.